The summed E-state index contributed by atoms with van der Waals surface area (Å²) in [5.41, 5.74) is 6.07. The molecule has 18 heavy (non-hydrogen) atoms. The zero-order valence-corrected chi connectivity index (χ0v) is 10.3. The number of ether oxygens (including phenoxy) is 2. The molecule has 0 aliphatic rings. The van der Waals surface area contributed by atoms with E-state index < -0.39 is 0 Å². The van der Waals surface area contributed by atoms with Crippen molar-refractivity contribution in [2.45, 2.75) is 19.9 Å². The Morgan fingerprint density at radius 3 is 2.83 bits per heavy atom. The number of nitrogens with zero attached hydrogens (tertiary/aromatic N) is 4. The summed E-state index contributed by atoms with van der Waals surface area (Å²) in [5.74, 6) is 1.13. The number of aromatic nitrogens is 4. The second-order valence-electron chi connectivity index (χ2n) is 3.64. The third kappa shape index (κ3) is 2.50. The Kier molecular flexibility index (Phi) is 3.61. The van der Waals surface area contributed by atoms with Crippen molar-refractivity contribution in [1.29, 1.82) is 0 Å². The van der Waals surface area contributed by atoms with E-state index in [1.165, 1.54) is 13.4 Å². The van der Waals surface area contributed by atoms with Gasteiger partial charge < -0.3 is 15.2 Å². The summed E-state index contributed by atoms with van der Waals surface area (Å²) in [5, 5.41) is 4.15. The van der Waals surface area contributed by atoms with Crippen LogP contribution >= 0.6 is 0 Å². The molecule has 2 aromatic rings. The summed E-state index contributed by atoms with van der Waals surface area (Å²) in [6, 6.07) is 0. The van der Waals surface area contributed by atoms with Crippen LogP contribution in [0.3, 0.4) is 0 Å². The highest BCUT2D eigenvalue weighted by Gasteiger charge is 2.11. The Labute approximate surface area is 105 Å². The van der Waals surface area contributed by atoms with Gasteiger partial charge in [0.15, 0.2) is 11.4 Å². The lowest BCUT2D eigenvalue weighted by atomic mass is 10.5. The predicted molar refractivity (Wildman–Crippen MR) is 65.6 cm³/mol. The molecular weight excluding hydrogens is 234 g/mol. The summed E-state index contributed by atoms with van der Waals surface area (Å²) in [6.45, 7) is 2.92. The molecule has 0 saturated heterocycles. The Morgan fingerprint density at radius 1 is 1.33 bits per heavy atom. The van der Waals surface area contributed by atoms with Crippen LogP contribution in [0.1, 0.15) is 13.3 Å². The highest BCUT2D eigenvalue weighted by atomic mass is 16.5. The highest BCUT2D eigenvalue weighted by molar-refractivity contribution is 5.56. The monoisotopic (exact) mass is 249 g/mol. The molecule has 0 radical (unpaired) electrons. The van der Waals surface area contributed by atoms with E-state index in [0.29, 0.717) is 11.6 Å². The number of aryl methyl sites for hydroxylation is 1. The molecule has 0 amide bonds. The van der Waals surface area contributed by atoms with E-state index in [4.69, 9.17) is 15.2 Å². The third-order valence-electron chi connectivity index (χ3n) is 2.28. The minimum atomic E-state index is 0.262. The van der Waals surface area contributed by atoms with Crippen molar-refractivity contribution in [1.82, 2.24) is 19.7 Å². The minimum Gasteiger partial charge on any atom is -0.479 e. The van der Waals surface area contributed by atoms with Crippen molar-refractivity contribution < 1.29 is 9.47 Å². The molecule has 7 nitrogen and oxygen atoms in total. The second kappa shape index (κ2) is 5.35. The molecule has 2 rings (SSSR count). The third-order valence-corrected chi connectivity index (χ3v) is 2.28. The van der Waals surface area contributed by atoms with Gasteiger partial charge in [0.1, 0.15) is 6.33 Å². The number of methoxy groups -OCH3 is 1. The van der Waals surface area contributed by atoms with Crippen molar-refractivity contribution in [3.8, 4) is 17.5 Å². The summed E-state index contributed by atoms with van der Waals surface area (Å²) < 4.78 is 12.3. The lowest BCUT2D eigenvalue weighted by molar-refractivity contribution is 0.391. The Morgan fingerprint density at radius 2 is 2.11 bits per heavy atom. The molecule has 96 valence electrons. The topological polar surface area (TPSA) is 88.1 Å². The Balaban J connectivity index is 2.17. The van der Waals surface area contributed by atoms with Gasteiger partial charge in [0.25, 0.3) is 0 Å². The van der Waals surface area contributed by atoms with Gasteiger partial charge in [0.05, 0.1) is 19.5 Å². The van der Waals surface area contributed by atoms with Gasteiger partial charge in [-0.05, 0) is 6.42 Å². The molecule has 0 unspecified atom stereocenters. The van der Waals surface area contributed by atoms with Gasteiger partial charge in [-0.15, -0.1) is 0 Å². The van der Waals surface area contributed by atoms with Gasteiger partial charge in [-0.25, -0.2) is 0 Å². The zero-order valence-electron chi connectivity index (χ0n) is 10.3. The molecule has 0 fully saturated rings. The summed E-state index contributed by atoms with van der Waals surface area (Å²) in [7, 11) is 1.49. The van der Waals surface area contributed by atoms with E-state index in [1.54, 1.807) is 17.1 Å². The fraction of sp³-hybridized carbons (Fsp3) is 0.364. The van der Waals surface area contributed by atoms with Crippen LogP contribution in [0.5, 0.6) is 17.5 Å². The predicted octanol–water partition coefficient (Wildman–Crippen LogP) is 1.47. The molecule has 2 aromatic heterocycles. The van der Waals surface area contributed by atoms with Crippen LogP contribution in [-0.2, 0) is 6.54 Å². The Bertz CT molecular complexity index is 526. The number of hydrogen-bond acceptors (Lipinski definition) is 6. The maximum atomic E-state index is 5.80. The van der Waals surface area contributed by atoms with Crippen molar-refractivity contribution >= 4 is 5.69 Å². The quantitative estimate of drug-likeness (QED) is 0.863. The first-order chi connectivity index (χ1) is 8.74. The molecular formula is C11H15N5O2. The van der Waals surface area contributed by atoms with E-state index in [1.807, 2.05) is 0 Å². The molecule has 0 atom stereocenters. The van der Waals surface area contributed by atoms with E-state index in [0.717, 1.165) is 13.0 Å². The second-order valence-corrected chi connectivity index (χ2v) is 3.64. The SMILES string of the molecule is CCCn1cc(Oc2ncnc(OC)c2N)cn1. The first-order valence-corrected chi connectivity index (χ1v) is 5.59. The van der Waals surface area contributed by atoms with Gasteiger partial charge in [-0.2, -0.15) is 15.1 Å². The smallest absolute Gasteiger partial charge is 0.250 e. The summed E-state index contributed by atoms with van der Waals surface area (Å²) >= 11 is 0. The van der Waals surface area contributed by atoms with E-state index in [2.05, 4.69) is 22.0 Å². The van der Waals surface area contributed by atoms with Crippen LogP contribution in [0.4, 0.5) is 5.69 Å². The number of nitrogens with two attached hydrogens (primary N) is 1. The average molecular weight is 249 g/mol. The van der Waals surface area contributed by atoms with Crippen LogP contribution in [0.2, 0.25) is 0 Å². The molecule has 0 spiro atoms. The number of hydrogen-bond donors (Lipinski definition) is 1. The standard InChI is InChI=1S/C11H15N5O2/c1-3-4-16-6-8(5-15-16)18-11-9(12)10(17-2)13-7-14-11/h5-7H,3-4,12H2,1-2H3. The fourth-order valence-corrected chi connectivity index (χ4v) is 1.47. The summed E-state index contributed by atoms with van der Waals surface area (Å²) in [6.07, 6.45) is 5.74. The van der Waals surface area contributed by atoms with Gasteiger partial charge in [0, 0.05) is 6.54 Å². The molecule has 2 N–H and O–H groups in total. The lowest BCUT2D eigenvalue weighted by Gasteiger charge is -2.07. The Hall–Kier alpha value is -2.31. The average Bonchev–Trinajstić information content (AvgIpc) is 2.80. The van der Waals surface area contributed by atoms with Crippen molar-refractivity contribution in [3.63, 3.8) is 0 Å². The molecule has 7 heteroatoms. The van der Waals surface area contributed by atoms with E-state index in [-0.39, 0.29) is 11.6 Å². The van der Waals surface area contributed by atoms with E-state index in [9.17, 15) is 0 Å². The normalized spacial score (nSPS) is 10.3. The first kappa shape index (κ1) is 12.2. The molecule has 0 aromatic carbocycles. The maximum absolute atomic E-state index is 5.80. The number of rotatable bonds is 5. The molecule has 0 bridgehead atoms. The van der Waals surface area contributed by atoms with Gasteiger partial charge >= 0.3 is 0 Å². The lowest BCUT2D eigenvalue weighted by Crippen LogP contribution is -2.00. The zero-order chi connectivity index (χ0) is 13.0. The van der Waals surface area contributed by atoms with Crippen LogP contribution < -0.4 is 15.2 Å². The van der Waals surface area contributed by atoms with Crippen molar-refractivity contribution in [3.05, 3.63) is 18.7 Å². The van der Waals surface area contributed by atoms with Gasteiger partial charge in [-0.3, -0.25) is 4.68 Å². The highest BCUT2D eigenvalue weighted by Crippen LogP contribution is 2.29. The van der Waals surface area contributed by atoms with Crippen molar-refractivity contribution in [2.75, 3.05) is 12.8 Å². The number of nitrogen functional groups attached to an aromatic ring is 1. The molecule has 0 saturated carbocycles. The van der Waals surface area contributed by atoms with Crippen molar-refractivity contribution in [2.24, 2.45) is 0 Å². The van der Waals surface area contributed by atoms with E-state index >= 15 is 0 Å². The fourth-order valence-electron chi connectivity index (χ4n) is 1.47. The summed E-state index contributed by atoms with van der Waals surface area (Å²) in [4.78, 5) is 7.84. The van der Waals surface area contributed by atoms with Crippen LogP contribution in [0.25, 0.3) is 0 Å². The molecule has 0 aliphatic heterocycles. The number of anilines is 1. The van der Waals surface area contributed by atoms with Crippen LogP contribution in [0.15, 0.2) is 18.7 Å². The molecule has 2 heterocycles. The maximum Gasteiger partial charge on any atom is 0.250 e. The van der Waals surface area contributed by atoms with Crippen LogP contribution in [-0.4, -0.2) is 26.9 Å². The minimum absolute atomic E-state index is 0.262. The van der Waals surface area contributed by atoms with Crippen LogP contribution in [0, 0.1) is 0 Å². The van der Waals surface area contributed by atoms with Gasteiger partial charge in [0.2, 0.25) is 11.8 Å². The first-order valence-electron chi connectivity index (χ1n) is 5.59. The molecule has 0 aliphatic carbocycles. The van der Waals surface area contributed by atoms with Gasteiger partial charge in [-0.1, -0.05) is 6.92 Å². The largest absolute Gasteiger partial charge is 0.479 e.